The summed E-state index contributed by atoms with van der Waals surface area (Å²) in [5.41, 5.74) is 0. The van der Waals surface area contributed by atoms with Gasteiger partial charge in [0.15, 0.2) is 10.4 Å². The Bertz CT molecular complexity index is 564. The van der Waals surface area contributed by atoms with Gasteiger partial charge in [0.2, 0.25) is 0 Å². The predicted octanol–water partition coefficient (Wildman–Crippen LogP) is 1.49. The lowest BCUT2D eigenvalue weighted by molar-refractivity contribution is 0.0900. The van der Waals surface area contributed by atoms with Crippen molar-refractivity contribution >= 4 is 41.6 Å². The highest BCUT2D eigenvalue weighted by Crippen LogP contribution is 2.28. The van der Waals surface area contributed by atoms with Gasteiger partial charge in [-0.05, 0) is 22.4 Å². The van der Waals surface area contributed by atoms with Gasteiger partial charge in [-0.2, -0.15) is 0 Å². The van der Waals surface area contributed by atoms with Gasteiger partial charge in [0, 0.05) is 23.4 Å². The van der Waals surface area contributed by atoms with Gasteiger partial charge >= 0.3 is 0 Å². The molecule has 1 aliphatic heterocycles. The van der Waals surface area contributed by atoms with Crippen LogP contribution in [0.15, 0.2) is 20.0 Å². The lowest BCUT2D eigenvalue weighted by atomic mass is 10.2. The maximum atomic E-state index is 11.8. The molecule has 0 bridgehead atoms. The minimum absolute atomic E-state index is 0.0857. The van der Waals surface area contributed by atoms with Crippen molar-refractivity contribution in [2.75, 3.05) is 13.2 Å². The van der Waals surface area contributed by atoms with Crippen molar-refractivity contribution in [3.05, 3.63) is 16.5 Å². The SMILES string of the molecule is O=C(NC1CCOC1)c1cc(S(=O)(=O)Cl)c(Br)o1. The van der Waals surface area contributed by atoms with Crippen LogP contribution in [0.25, 0.3) is 0 Å². The van der Waals surface area contributed by atoms with Crippen molar-refractivity contribution in [1.82, 2.24) is 5.32 Å². The third-order valence-electron chi connectivity index (χ3n) is 2.41. The van der Waals surface area contributed by atoms with Crippen LogP contribution in [0.5, 0.6) is 0 Å². The molecule has 9 heteroatoms. The van der Waals surface area contributed by atoms with Crippen molar-refractivity contribution in [3.8, 4) is 0 Å². The van der Waals surface area contributed by atoms with E-state index in [4.69, 9.17) is 19.8 Å². The molecule has 1 aromatic rings. The van der Waals surface area contributed by atoms with Crippen LogP contribution in [-0.4, -0.2) is 33.6 Å². The minimum atomic E-state index is -3.95. The van der Waals surface area contributed by atoms with Crippen molar-refractivity contribution in [2.24, 2.45) is 0 Å². The molecule has 1 atom stereocenters. The summed E-state index contributed by atoms with van der Waals surface area (Å²) < 4.78 is 32.3. The summed E-state index contributed by atoms with van der Waals surface area (Å²) in [6.07, 6.45) is 0.717. The average molecular weight is 359 g/mol. The molecule has 2 rings (SSSR count). The predicted molar refractivity (Wildman–Crippen MR) is 66.1 cm³/mol. The number of furan rings is 1. The Morgan fingerprint density at radius 1 is 1.56 bits per heavy atom. The number of halogens is 2. The van der Waals surface area contributed by atoms with Gasteiger partial charge in [-0.3, -0.25) is 4.79 Å². The number of carbonyl (C=O) groups excluding carboxylic acids is 1. The first-order valence-corrected chi connectivity index (χ1v) is 8.11. The van der Waals surface area contributed by atoms with E-state index < -0.39 is 15.0 Å². The van der Waals surface area contributed by atoms with E-state index >= 15 is 0 Å². The summed E-state index contributed by atoms with van der Waals surface area (Å²) >= 11 is 2.90. The first kappa shape index (κ1) is 13.9. The molecular weight excluding hydrogens is 350 g/mol. The molecule has 1 unspecified atom stereocenters. The van der Waals surface area contributed by atoms with Crippen LogP contribution in [0, 0.1) is 0 Å². The van der Waals surface area contributed by atoms with Crippen molar-refractivity contribution in [2.45, 2.75) is 17.4 Å². The number of rotatable bonds is 3. The maximum absolute atomic E-state index is 11.8. The lowest BCUT2D eigenvalue weighted by Crippen LogP contribution is -2.34. The Morgan fingerprint density at radius 2 is 2.28 bits per heavy atom. The number of ether oxygens (including phenoxy) is 1. The fourth-order valence-electron chi connectivity index (χ4n) is 1.54. The zero-order valence-electron chi connectivity index (χ0n) is 8.98. The van der Waals surface area contributed by atoms with Crippen molar-refractivity contribution in [3.63, 3.8) is 0 Å². The van der Waals surface area contributed by atoms with Gasteiger partial charge in [0.25, 0.3) is 15.0 Å². The van der Waals surface area contributed by atoms with E-state index in [9.17, 15) is 13.2 Å². The molecule has 1 amide bonds. The molecule has 18 heavy (non-hydrogen) atoms. The minimum Gasteiger partial charge on any atom is -0.443 e. The molecule has 1 N–H and O–H groups in total. The molecule has 0 radical (unpaired) electrons. The topological polar surface area (TPSA) is 85.6 Å². The Hall–Kier alpha value is -0.570. The van der Waals surface area contributed by atoms with Crippen molar-refractivity contribution < 1.29 is 22.4 Å². The molecule has 1 aromatic heterocycles. The fourth-order valence-corrected chi connectivity index (χ4v) is 3.57. The van der Waals surface area contributed by atoms with Gasteiger partial charge < -0.3 is 14.5 Å². The highest BCUT2D eigenvalue weighted by molar-refractivity contribution is 9.10. The van der Waals surface area contributed by atoms with Gasteiger partial charge in [-0.15, -0.1) is 0 Å². The summed E-state index contributed by atoms with van der Waals surface area (Å²) in [6.45, 7) is 1.03. The van der Waals surface area contributed by atoms with Crippen LogP contribution in [0.3, 0.4) is 0 Å². The quantitative estimate of drug-likeness (QED) is 0.827. The van der Waals surface area contributed by atoms with E-state index in [0.29, 0.717) is 19.6 Å². The highest BCUT2D eigenvalue weighted by Gasteiger charge is 2.25. The van der Waals surface area contributed by atoms with Gasteiger partial charge in [-0.25, -0.2) is 8.42 Å². The zero-order chi connectivity index (χ0) is 13.3. The van der Waals surface area contributed by atoms with E-state index in [0.717, 1.165) is 6.07 Å². The van der Waals surface area contributed by atoms with Crippen LogP contribution < -0.4 is 5.32 Å². The summed E-state index contributed by atoms with van der Waals surface area (Å²) in [7, 11) is 1.24. The van der Waals surface area contributed by atoms with Crippen LogP contribution in [0.4, 0.5) is 0 Å². The van der Waals surface area contributed by atoms with E-state index in [1.165, 1.54) is 0 Å². The van der Waals surface area contributed by atoms with Crippen LogP contribution >= 0.6 is 26.6 Å². The second-order valence-corrected chi connectivity index (χ2v) is 6.98. The van der Waals surface area contributed by atoms with E-state index in [-0.39, 0.29) is 21.4 Å². The third-order valence-corrected chi connectivity index (χ3v) is 4.59. The number of nitrogens with one attached hydrogen (secondary N) is 1. The summed E-state index contributed by atoms with van der Waals surface area (Å²) in [5, 5.41) is 2.67. The Kier molecular flexibility index (Phi) is 4.00. The highest BCUT2D eigenvalue weighted by atomic mass is 79.9. The second-order valence-electron chi connectivity index (χ2n) is 3.72. The third kappa shape index (κ3) is 3.05. The fraction of sp³-hybridized carbons (Fsp3) is 0.444. The smallest absolute Gasteiger partial charge is 0.287 e. The monoisotopic (exact) mass is 357 g/mol. The molecule has 1 aliphatic rings. The number of amides is 1. The molecule has 0 aliphatic carbocycles. The molecule has 0 saturated carbocycles. The summed E-state index contributed by atoms with van der Waals surface area (Å²) in [6, 6.07) is 0.995. The molecule has 0 spiro atoms. The number of carbonyl (C=O) groups is 1. The largest absolute Gasteiger partial charge is 0.443 e. The van der Waals surface area contributed by atoms with E-state index in [1.54, 1.807) is 0 Å². The number of hydrogen-bond acceptors (Lipinski definition) is 5. The van der Waals surface area contributed by atoms with Crippen LogP contribution in [0.2, 0.25) is 0 Å². The molecule has 1 fully saturated rings. The first-order chi connectivity index (χ1) is 8.38. The van der Waals surface area contributed by atoms with E-state index in [1.807, 2.05) is 0 Å². The second kappa shape index (κ2) is 5.20. The molecule has 100 valence electrons. The Morgan fingerprint density at radius 3 is 2.78 bits per heavy atom. The summed E-state index contributed by atoms with van der Waals surface area (Å²) in [5.74, 6) is -0.620. The molecule has 1 saturated heterocycles. The Balaban J connectivity index is 2.16. The van der Waals surface area contributed by atoms with Crippen molar-refractivity contribution in [1.29, 1.82) is 0 Å². The van der Waals surface area contributed by atoms with Crippen LogP contribution in [-0.2, 0) is 13.8 Å². The maximum Gasteiger partial charge on any atom is 0.287 e. The lowest BCUT2D eigenvalue weighted by Gasteiger charge is -2.08. The normalized spacial score (nSPS) is 20.0. The van der Waals surface area contributed by atoms with Gasteiger partial charge in [-0.1, -0.05) is 0 Å². The van der Waals surface area contributed by atoms with Crippen LogP contribution in [0.1, 0.15) is 17.0 Å². The van der Waals surface area contributed by atoms with Gasteiger partial charge in [0.1, 0.15) is 4.90 Å². The number of hydrogen-bond donors (Lipinski definition) is 1. The standard InChI is InChI=1S/C9H9BrClNO5S/c10-8-7(18(11,14)15)3-6(17-8)9(13)12-5-1-2-16-4-5/h3,5H,1-2,4H2,(H,12,13). The zero-order valence-corrected chi connectivity index (χ0v) is 12.1. The molecule has 6 nitrogen and oxygen atoms in total. The van der Waals surface area contributed by atoms with Gasteiger partial charge in [0.05, 0.1) is 12.6 Å². The Labute approximate surface area is 116 Å². The van der Waals surface area contributed by atoms with E-state index in [2.05, 4.69) is 21.2 Å². The molecule has 0 aromatic carbocycles. The summed E-state index contributed by atoms with van der Waals surface area (Å²) in [4.78, 5) is 11.5. The molecular formula is C9H9BrClNO5S. The first-order valence-electron chi connectivity index (χ1n) is 5.00. The average Bonchev–Trinajstić information content (AvgIpc) is 2.85. The molecule has 2 heterocycles.